The van der Waals surface area contributed by atoms with Gasteiger partial charge in [-0.15, -0.1) is 0 Å². The van der Waals surface area contributed by atoms with Crippen molar-refractivity contribution in [2.75, 3.05) is 46.0 Å². The highest BCUT2D eigenvalue weighted by Crippen LogP contribution is 2.26. The molecule has 1 unspecified atom stereocenters. The molecule has 26 heavy (non-hydrogen) atoms. The lowest BCUT2D eigenvalue weighted by Crippen LogP contribution is -2.45. The Bertz CT molecular complexity index is 736. The summed E-state index contributed by atoms with van der Waals surface area (Å²) in [6.45, 7) is 4.04. The van der Waals surface area contributed by atoms with E-state index in [0.717, 1.165) is 44.9 Å². The summed E-state index contributed by atoms with van der Waals surface area (Å²) in [7, 11) is 0.721. The summed E-state index contributed by atoms with van der Waals surface area (Å²) in [6, 6.07) is 0. The van der Waals surface area contributed by atoms with Crippen LogP contribution >= 0.6 is 0 Å². The van der Waals surface area contributed by atoms with Gasteiger partial charge in [0.25, 0.3) is 0 Å². The highest BCUT2D eigenvalue weighted by Gasteiger charge is 2.28. The number of aliphatic imine (C=N–C) groups is 1. The molecule has 2 aliphatic rings. The third kappa shape index (κ3) is 4.56. The number of guanidine groups is 1. The highest BCUT2D eigenvalue weighted by atomic mass is 32.2. The zero-order chi connectivity index (χ0) is 18.7. The summed E-state index contributed by atoms with van der Waals surface area (Å²) in [4.78, 5) is 6.76. The molecular weight excluding hydrogens is 352 g/mol. The molecule has 3 heterocycles. The van der Waals surface area contributed by atoms with Crippen molar-refractivity contribution in [3.63, 3.8) is 0 Å². The third-order valence-electron chi connectivity index (χ3n) is 5.49. The summed E-state index contributed by atoms with van der Waals surface area (Å²) >= 11 is 0. The minimum atomic E-state index is -3.05. The number of aryl methyl sites for hydroxylation is 1. The van der Waals surface area contributed by atoms with Crippen LogP contribution in [0.1, 0.15) is 30.7 Å². The Morgan fingerprint density at radius 1 is 1.31 bits per heavy atom. The van der Waals surface area contributed by atoms with E-state index in [4.69, 9.17) is 0 Å². The van der Waals surface area contributed by atoms with Crippen molar-refractivity contribution in [3.8, 4) is 0 Å². The summed E-state index contributed by atoms with van der Waals surface area (Å²) in [5.74, 6) is 1.93. The van der Waals surface area contributed by atoms with Gasteiger partial charge >= 0.3 is 0 Å². The fourth-order valence-corrected chi connectivity index (χ4v) is 4.76. The van der Waals surface area contributed by atoms with E-state index in [0.29, 0.717) is 24.9 Å². The SMILES string of the molecule is CN=C(NCC1CCN(S(C)(=O)=O)CC1)N1CCC(c2cnn(C)c2)C1. The molecule has 1 aromatic heterocycles. The first-order chi connectivity index (χ1) is 12.4. The molecule has 9 heteroatoms. The maximum absolute atomic E-state index is 11.6. The number of rotatable bonds is 4. The standard InChI is InChI=1S/C17H30N6O2S/c1-18-17(19-10-14-4-8-23(9-5-14)26(3,24)25)22-7-6-15(13-22)16-11-20-21(2)12-16/h11-12,14-15H,4-10,13H2,1-3H3,(H,18,19). The van der Waals surface area contributed by atoms with E-state index in [1.165, 1.54) is 11.8 Å². The number of nitrogens with one attached hydrogen (secondary N) is 1. The predicted molar refractivity (Wildman–Crippen MR) is 103 cm³/mol. The number of hydrogen-bond donors (Lipinski definition) is 1. The van der Waals surface area contributed by atoms with Gasteiger partial charge in [0.2, 0.25) is 10.0 Å². The Morgan fingerprint density at radius 3 is 2.62 bits per heavy atom. The van der Waals surface area contributed by atoms with Crippen LogP contribution in [0.25, 0.3) is 0 Å². The molecule has 2 fully saturated rings. The highest BCUT2D eigenvalue weighted by molar-refractivity contribution is 7.88. The summed E-state index contributed by atoms with van der Waals surface area (Å²) in [6.07, 6.45) is 8.25. The maximum Gasteiger partial charge on any atom is 0.211 e. The second kappa shape index (κ2) is 7.96. The lowest BCUT2D eigenvalue weighted by Gasteiger charge is -2.31. The molecule has 1 N–H and O–H groups in total. The molecule has 0 aromatic carbocycles. The minimum absolute atomic E-state index is 0.487. The average Bonchev–Trinajstić information content (AvgIpc) is 3.24. The molecule has 0 aliphatic carbocycles. The van der Waals surface area contributed by atoms with Crippen LogP contribution in [0.15, 0.2) is 17.4 Å². The van der Waals surface area contributed by atoms with Gasteiger partial charge in [-0.3, -0.25) is 9.67 Å². The molecule has 0 amide bonds. The molecule has 0 spiro atoms. The van der Waals surface area contributed by atoms with E-state index in [9.17, 15) is 8.42 Å². The van der Waals surface area contributed by atoms with Gasteiger partial charge in [0, 0.05) is 58.9 Å². The zero-order valence-electron chi connectivity index (χ0n) is 15.9. The average molecular weight is 383 g/mol. The number of piperidine rings is 1. The molecule has 1 aromatic rings. The van der Waals surface area contributed by atoms with Gasteiger partial charge in [0.15, 0.2) is 5.96 Å². The third-order valence-corrected chi connectivity index (χ3v) is 6.79. The van der Waals surface area contributed by atoms with Gasteiger partial charge in [-0.25, -0.2) is 12.7 Å². The first-order valence-corrected chi connectivity index (χ1v) is 11.1. The van der Waals surface area contributed by atoms with Crippen molar-refractivity contribution in [1.82, 2.24) is 24.3 Å². The second-order valence-electron chi connectivity index (χ2n) is 7.41. The summed E-state index contributed by atoms with van der Waals surface area (Å²) in [5.41, 5.74) is 1.29. The number of hydrogen-bond acceptors (Lipinski definition) is 4. The van der Waals surface area contributed by atoms with E-state index in [1.54, 1.807) is 4.31 Å². The van der Waals surface area contributed by atoms with Crippen LogP contribution in [-0.2, 0) is 17.1 Å². The van der Waals surface area contributed by atoms with Crippen LogP contribution in [0.5, 0.6) is 0 Å². The Balaban J connectivity index is 1.47. The van der Waals surface area contributed by atoms with E-state index in [-0.39, 0.29) is 0 Å². The van der Waals surface area contributed by atoms with Crippen molar-refractivity contribution >= 4 is 16.0 Å². The first-order valence-electron chi connectivity index (χ1n) is 9.26. The van der Waals surface area contributed by atoms with Gasteiger partial charge in [-0.05, 0) is 30.7 Å². The molecule has 0 saturated carbocycles. The van der Waals surface area contributed by atoms with E-state index in [1.807, 2.05) is 25.0 Å². The Hall–Kier alpha value is -1.61. The van der Waals surface area contributed by atoms with Crippen molar-refractivity contribution in [2.45, 2.75) is 25.2 Å². The lowest BCUT2D eigenvalue weighted by atomic mass is 9.98. The van der Waals surface area contributed by atoms with Crippen molar-refractivity contribution in [2.24, 2.45) is 18.0 Å². The van der Waals surface area contributed by atoms with Crippen LogP contribution in [0, 0.1) is 5.92 Å². The van der Waals surface area contributed by atoms with Gasteiger partial charge in [0.1, 0.15) is 0 Å². The second-order valence-corrected chi connectivity index (χ2v) is 9.39. The quantitative estimate of drug-likeness (QED) is 0.604. The fraction of sp³-hybridized carbons (Fsp3) is 0.765. The van der Waals surface area contributed by atoms with Gasteiger partial charge in [0.05, 0.1) is 12.5 Å². The monoisotopic (exact) mass is 382 g/mol. The van der Waals surface area contributed by atoms with Crippen LogP contribution in [0.3, 0.4) is 0 Å². The smallest absolute Gasteiger partial charge is 0.211 e. The molecule has 8 nitrogen and oxygen atoms in total. The molecule has 3 rings (SSSR count). The lowest BCUT2D eigenvalue weighted by molar-refractivity contribution is 0.273. The molecule has 0 radical (unpaired) electrons. The largest absolute Gasteiger partial charge is 0.356 e. The van der Waals surface area contributed by atoms with Gasteiger partial charge in [-0.2, -0.15) is 5.10 Å². The molecule has 0 bridgehead atoms. The molecule has 2 aliphatic heterocycles. The van der Waals surface area contributed by atoms with Gasteiger partial charge in [-0.1, -0.05) is 0 Å². The Morgan fingerprint density at radius 2 is 2.04 bits per heavy atom. The van der Waals surface area contributed by atoms with Crippen LogP contribution < -0.4 is 5.32 Å². The topological polar surface area (TPSA) is 82.8 Å². The first kappa shape index (κ1) is 19.2. The van der Waals surface area contributed by atoms with Crippen LogP contribution in [0.2, 0.25) is 0 Å². The normalized spacial score (nSPS) is 23.6. The molecule has 1 atom stereocenters. The van der Waals surface area contributed by atoms with Gasteiger partial charge < -0.3 is 10.2 Å². The van der Waals surface area contributed by atoms with Crippen LogP contribution in [-0.4, -0.2) is 79.4 Å². The number of aromatic nitrogens is 2. The minimum Gasteiger partial charge on any atom is -0.356 e. The number of sulfonamides is 1. The fourth-order valence-electron chi connectivity index (χ4n) is 3.89. The van der Waals surface area contributed by atoms with Crippen molar-refractivity contribution < 1.29 is 8.42 Å². The Kier molecular flexibility index (Phi) is 5.86. The van der Waals surface area contributed by atoms with E-state index < -0.39 is 10.0 Å². The van der Waals surface area contributed by atoms with Crippen molar-refractivity contribution in [1.29, 1.82) is 0 Å². The number of likely N-dealkylation sites (tertiary alicyclic amines) is 1. The predicted octanol–water partition coefficient (Wildman–Crippen LogP) is 0.456. The Labute approximate surface area is 156 Å². The summed E-state index contributed by atoms with van der Waals surface area (Å²) < 4.78 is 26.7. The molecule has 146 valence electrons. The van der Waals surface area contributed by atoms with Crippen molar-refractivity contribution in [3.05, 3.63) is 18.0 Å². The van der Waals surface area contributed by atoms with Crippen LogP contribution in [0.4, 0.5) is 0 Å². The van der Waals surface area contributed by atoms with E-state index in [2.05, 4.69) is 26.5 Å². The van der Waals surface area contributed by atoms with E-state index >= 15 is 0 Å². The molecule has 2 saturated heterocycles. The maximum atomic E-state index is 11.6. The molecular formula is C17H30N6O2S. The number of nitrogens with zero attached hydrogens (tertiary/aromatic N) is 5. The summed E-state index contributed by atoms with van der Waals surface area (Å²) in [5, 5.41) is 7.78. The zero-order valence-corrected chi connectivity index (χ0v) is 16.7.